The summed E-state index contributed by atoms with van der Waals surface area (Å²) in [5, 5.41) is 0. The molecule has 0 aromatic heterocycles. The first-order valence-corrected chi connectivity index (χ1v) is 7.19. The fourth-order valence-electron chi connectivity index (χ4n) is 1.83. The molecule has 112 valence electrons. The zero-order valence-electron chi connectivity index (χ0n) is 10.7. The molecule has 0 heterocycles. The lowest BCUT2D eigenvalue weighted by Gasteiger charge is -2.13. The van der Waals surface area contributed by atoms with Crippen molar-refractivity contribution in [2.45, 2.75) is 16.8 Å². The largest absolute Gasteiger partial charge is 0.416 e. The monoisotopic (exact) mass is 317 g/mol. The Balaban J connectivity index is 2.36. The maximum atomic E-state index is 13.5. The van der Waals surface area contributed by atoms with Gasteiger partial charge in [0.2, 0.25) is 0 Å². The fourth-order valence-corrected chi connectivity index (χ4v) is 3.04. The molecule has 0 saturated carbocycles. The van der Waals surface area contributed by atoms with Crippen LogP contribution < -0.4 is 5.73 Å². The third kappa shape index (κ3) is 3.60. The third-order valence-electron chi connectivity index (χ3n) is 2.81. The Morgan fingerprint density at radius 1 is 1.10 bits per heavy atom. The van der Waals surface area contributed by atoms with E-state index in [0.717, 1.165) is 18.2 Å². The number of anilines is 1. The summed E-state index contributed by atoms with van der Waals surface area (Å²) in [4.78, 5) is -0.123. The molecule has 21 heavy (non-hydrogen) atoms. The summed E-state index contributed by atoms with van der Waals surface area (Å²) in [6.07, 6.45) is -4.61. The van der Waals surface area contributed by atoms with Gasteiger partial charge in [0.15, 0.2) is 0 Å². The molecule has 0 bridgehead atoms. The summed E-state index contributed by atoms with van der Waals surface area (Å²) in [5.41, 5.74) is 4.18. The van der Waals surface area contributed by atoms with Crippen molar-refractivity contribution in [1.29, 1.82) is 0 Å². The molecule has 1 unspecified atom stereocenters. The van der Waals surface area contributed by atoms with Crippen LogP contribution in [-0.2, 0) is 22.7 Å². The average molecular weight is 317 g/mol. The Bertz CT molecular complexity index is 685. The van der Waals surface area contributed by atoms with Gasteiger partial charge in [0, 0.05) is 5.69 Å². The molecule has 0 saturated heterocycles. The van der Waals surface area contributed by atoms with Crippen molar-refractivity contribution < 1.29 is 21.8 Å². The van der Waals surface area contributed by atoms with Crippen molar-refractivity contribution in [2.75, 3.05) is 5.73 Å². The minimum atomic E-state index is -4.61. The zero-order chi connectivity index (χ0) is 15.6. The molecular formula is C14H11F4NOS. The van der Waals surface area contributed by atoms with Gasteiger partial charge in [0.25, 0.3) is 0 Å². The molecule has 2 aromatic carbocycles. The molecule has 0 fully saturated rings. The average Bonchev–Trinajstić information content (AvgIpc) is 2.40. The highest BCUT2D eigenvalue weighted by Gasteiger charge is 2.34. The molecule has 0 spiro atoms. The highest BCUT2D eigenvalue weighted by Crippen LogP contribution is 2.34. The van der Waals surface area contributed by atoms with Gasteiger partial charge in [0.05, 0.1) is 27.0 Å². The van der Waals surface area contributed by atoms with E-state index in [0.29, 0.717) is 0 Å². The van der Waals surface area contributed by atoms with Crippen LogP contribution in [0.25, 0.3) is 0 Å². The van der Waals surface area contributed by atoms with E-state index >= 15 is 0 Å². The summed E-state index contributed by atoms with van der Waals surface area (Å²) in [6.45, 7) is 0. The van der Waals surface area contributed by atoms with E-state index in [1.807, 2.05) is 0 Å². The van der Waals surface area contributed by atoms with Crippen LogP contribution in [0.5, 0.6) is 0 Å². The number of hydrogen-bond donors (Lipinski definition) is 1. The molecule has 7 heteroatoms. The second-order valence-corrected chi connectivity index (χ2v) is 5.75. The van der Waals surface area contributed by atoms with Crippen LogP contribution in [0.2, 0.25) is 0 Å². The zero-order valence-corrected chi connectivity index (χ0v) is 11.5. The van der Waals surface area contributed by atoms with Gasteiger partial charge in [-0.25, -0.2) is 4.39 Å². The minimum Gasteiger partial charge on any atom is -0.399 e. The Morgan fingerprint density at radius 3 is 2.38 bits per heavy atom. The van der Waals surface area contributed by atoms with E-state index < -0.39 is 34.1 Å². The molecule has 2 nitrogen and oxygen atoms in total. The number of rotatable bonds is 3. The fraction of sp³-hybridized carbons (Fsp3) is 0.143. The van der Waals surface area contributed by atoms with Gasteiger partial charge in [-0.05, 0) is 29.8 Å². The molecule has 0 aliphatic rings. The normalized spacial score (nSPS) is 13.1. The predicted molar refractivity (Wildman–Crippen MR) is 72.4 cm³/mol. The van der Waals surface area contributed by atoms with Crippen molar-refractivity contribution >= 4 is 16.5 Å². The number of nitrogen functional groups attached to an aromatic ring is 1. The molecule has 0 aliphatic carbocycles. The van der Waals surface area contributed by atoms with Gasteiger partial charge in [-0.2, -0.15) is 13.2 Å². The van der Waals surface area contributed by atoms with Crippen LogP contribution in [0.15, 0.2) is 47.4 Å². The van der Waals surface area contributed by atoms with E-state index in [2.05, 4.69) is 0 Å². The number of halogens is 4. The summed E-state index contributed by atoms with van der Waals surface area (Å²) in [5.74, 6) is -1.14. The smallest absolute Gasteiger partial charge is 0.399 e. The standard InChI is InChI=1S/C14H11F4NOS/c15-12-3-1-2-4-13(12)21(20)8-9-5-6-10(19)7-11(9)14(16,17)18/h1-7H,8,19H2. The molecule has 2 rings (SSSR count). The first-order valence-electron chi connectivity index (χ1n) is 5.87. The van der Waals surface area contributed by atoms with Gasteiger partial charge >= 0.3 is 6.18 Å². The van der Waals surface area contributed by atoms with Crippen LogP contribution in [0.1, 0.15) is 11.1 Å². The van der Waals surface area contributed by atoms with Gasteiger partial charge in [0.1, 0.15) is 5.82 Å². The van der Waals surface area contributed by atoms with Crippen LogP contribution in [-0.4, -0.2) is 4.21 Å². The Labute approximate surface area is 121 Å². The lowest BCUT2D eigenvalue weighted by atomic mass is 10.1. The van der Waals surface area contributed by atoms with E-state index in [4.69, 9.17) is 5.73 Å². The maximum Gasteiger partial charge on any atom is 0.416 e. The minimum absolute atomic E-state index is 0.0391. The Hall–Kier alpha value is -1.89. The van der Waals surface area contributed by atoms with Gasteiger partial charge in [-0.15, -0.1) is 0 Å². The molecule has 2 aromatic rings. The summed E-state index contributed by atoms with van der Waals surface area (Å²) >= 11 is 0. The third-order valence-corrected chi connectivity index (χ3v) is 4.20. The molecule has 1 atom stereocenters. The highest BCUT2D eigenvalue weighted by molar-refractivity contribution is 7.84. The summed E-state index contributed by atoms with van der Waals surface area (Å²) in [7, 11) is -1.91. The quantitative estimate of drug-likeness (QED) is 0.692. The van der Waals surface area contributed by atoms with Crippen LogP contribution in [0, 0.1) is 5.82 Å². The Kier molecular flexibility index (Phi) is 4.32. The van der Waals surface area contributed by atoms with Gasteiger partial charge in [-0.1, -0.05) is 18.2 Å². The molecule has 0 aliphatic heterocycles. The highest BCUT2D eigenvalue weighted by atomic mass is 32.2. The van der Waals surface area contributed by atoms with Crippen LogP contribution in [0.4, 0.5) is 23.2 Å². The number of nitrogens with two attached hydrogens (primary N) is 1. The van der Waals surface area contributed by atoms with E-state index in [9.17, 15) is 21.8 Å². The van der Waals surface area contributed by atoms with Crippen molar-refractivity contribution in [1.82, 2.24) is 0 Å². The number of hydrogen-bond acceptors (Lipinski definition) is 2. The van der Waals surface area contributed by atoms with Crippen molar-refractivity contribution in [3.8, 4) is 0 Å². The number of alkyl halides is 3. The molecule has 0 amide bonds. The van der Waals surface area contributed by atoms with Crippen molar-refractivity contribution in [3.05, 3.63) is 59.4 Å². The first kappa shape index (κ1) is 15.5. The lowest BCUT2D eigenvalue weighted by Crippen LogP contribution is -2.12. The SMILES string of the molecule is Nc1ccc(CS(=O)c2ccccc2F)c(C(F)(F)F)c1. The summed E-state index contributed by atoms with van der Waals surface area (Å²) in [6, 6.07) is 8.54. The second kappa shape index (κ2) is 5.85. The number of benzene rings is 2. The summed E-state index contributed by atoms with van der Waals surface area (Å²) < 4.78 is 64.4. The van der Waals surface area contributed by atoms with E-state index in [1.54, 1.807) is 0 Å². The molecular weight excluding hydrogens is 306 g/mol. The first-order chi connectivity index (χ1) is 9.79. The van der Waals surface area contributed by atoms with Gasteiger partial charge < -0.3 is 5.73 Å². The van der Waals surface area contributed by atoms with Crippen LogP contribution >= 0.6 is 0 Å². The predicted octanol–water partition coefficient (Wildman–Crippen LogP) is 3.73. The second-order valence-electron chi connectivity index (χ2n) is 4.33. The van der Waals surface area contributed by atoms with Crippen LogP contribution in [0.3, 0.4) is 0 Å². The topological polar surface area (TPSA) is 43.1 Å². The van der Waals surface area contributed by atoms with Gasteiger partial charge in [-0.3, -0.25) is 4.21 Å². The lowest BCUT2D eigenvalue weighted by molar-refractivity contribution is -0.138. The Morgan fingerprint density at radius 2 is 1.76 bits per heavy atom. The molecule has 2 N–H and O–H groups in total. The van der Waals surface area contributed by atoms with E-state index in [1.165, 1.54) is 24.3 Å². The maximum absolute atomic E-state index is 13.5. The van der Waals surface area contributed by atoms with Crippen molar-refractivity contribution in [2.24, 2.45) is 0 Å². The van der Waals surface area contributed by atoms with Crippen molar-refractivity contribution in [3.63, 3.8) is 0 Å². The molecule has 0 radical (unpaired) electrons. The van der Waals surface area contributed by atoms with E-state index in [-0.39, 0.29) is 16.1 Å².